The van der Waals surface area contributed by atoms with Gasteiger partial charge in [-0.1, -0.05) is 168 Å². The Bertz CT molecular complexity index is 600. The summed E-state index contributed by atoms with van der Waals surface area (Å²) in [5.74, 6) is -0.781. The first-order chi connectivity index (χ1) is 20.6. The lowest BCUT2D eigenvalue weighted by molar-refractivity contribution is -0.147. The molecule has 0 aromatic heterocycles. The van der Waals surface area contributed by atoms with Crippen molar-refractivity contribution in [2.45, 2.75) is 219 Å². The van der Waals surface area contributed by atoms with Gasteiger partial charge in [-0.25, -0.2) is 0 Å². The molecule has 0 bridgehead atoms. The summed E-state index contributed by atoms with van der Waals surface area (Å²) >= 11 is 0. The number of aliphatic carboxylic acids is 1. The van der Waals surface area contributed by atoms with Gasteiger partial charge in [-0.2, -0.15) is 0 Å². The molecule has 0 saturated carbocycles. The van der Waals surface area contributed by atoms with Crippen molar-refractivity contribution in [3.8, 4) is 0 Å². The van der Waals surface area contributed by atoms with Crippen molar-refractivity contribution in [2.75, 3.05) is 0 Å². The molecular formula is C38H72O4. The lowest BCUT2D eigenvalue weighted by Crippen LogP contribution is -2.16. The van der Waals surface area contributed by atoms with Crippen LogP contribution in [0.5, 0.6) is 0 Å². The third-order valence-electron chi connectivity index (χ3n) is 8.47. The van der Waals surface area contributed by atoms with E-state index in [0.717, 1.165) is 51.4 Å². The molecule has 0 aliphatic heterocycles. The standard InChI is InChI=1S/C38H72O4/c1-3-5-7-9-11-12-13-14-15-16-17-18-19-20-21-22-23-25-31-35-38(41)42-36(32-28-24-10-8-6-4-2)33-29-26-27-30-34-37(39)40/h28,32,36H,3-27,29-31,33-35H2,1-2H3,(H,39,40)/b32-28-. The summed E-state index contributed by atoms with van der Waals surface area (Å²) in [5, 5.41) is 8.79. The van der Waals surface area contributed by atoms with Crippen molar-refractivity contribution in [1.29, 1.82) is 0 Å². The fourth-order valence-corrected chi connectivity index (χ4v) is 5.68. The maximum Gasteiger partial charge on any atom is 0.306 e. The van der Waals surface area contributed by atoms with E-state index >= 15 is 0 Å². The third kappa shape index (κ3) is 33.2. The maximum absolute atomic E-state index is 12.5. The molecule has 0 radical (unpaired) electrons. The minimum atomic E-state index is -0.720. The highest BCUT2D eigenvalue weighted by Crippen LogP contribution is 2.16. The van der Waals surface area contributed by atoms with Crippen LogP contribution in [0, 0.1) is 0 Å². The van der Waals surface area contributed by atoms with E-state index in [0.29, 0.717) is 6.42 Å². The van der Waals surface area contributed by atoms with Crippen LogP contribution in [0.1, 0.15) is 213 Å². The van der Waals surface area contributed by atoms with Crippen LogP contribution in [0.25, 0.3) is 0 Å². The third-order valence-corrected chi connectivity index (χ3v) is 8.47. The van der Waals surface area contributed by atoms with Crippen molar-refractivity contribution >= 4 is 11.9 Å². The summed E-state index contributed by atoms with van der Waals surface area (Å²) in [7, 11) is 0. The Kier molecular flexibility index (Phi) is 33.1. The van der Waals surface area contributed by atoms with E-state index in [4.69, 9.17) is 9.84 Å². The van der Waals surface area contributed by atoms with E-state index in [9.17, 15) is 9.59 Å². The predicted molar refractivity (Wildman–Crippen MR) is 181 cm³/mol. The van der Waals surface area contributed by atoms with Gasteiger partial charge in [-0.05, 0) is 44.6 Å². The van der Waals surface area contributed by atoms with Crippen LogP contribution in [-0.2, 0) is 14.3 Å². The molecule has 0 amide bonds. The topological polar surface area (TPSA) is 63.6 Å². The summed E-state index contributed by atoms with van der Waals surface area (Å²) in [5.41, 5.74) is 0. The van der Waals surface area contributed by atoms with E-state index in [1.54, 1.807) is 0 Å². The highest BCUT2D eigenvalue weighted by atomic mass is 16.5. The van der Waals surface area contributed by atoms with Gasteiger partial charge in [-0.3, -0.25) is 9.59 Å². The number of carboxylic acid groups (broad SMARTS) is 1. The first-order valence-corrected chi connectivity index (χ1v) is 18.7. The van der Waals surface area contributed by atoms with E-state index in [-0.39, 0.29) is 18.5 Å². The molecule has 0 heterocycles. The number of ether oxygens (including phenoxy) is 1. The number of carboxylic acids is 1. The Hall–Kier alpha value is -1.32. The first kappa shape index (κ1) is 40.7. The Balaban J connectivity index is 3.77. The summed E-state index contributed by atoms with van der Waals surface area (Å²) in [4.78, 5) is 23.2. The van der Waals surface area contributed by atoms with Crippen LogP contribution in [0.15, 0.2) is 12.2 Å². The summed E-state index contributed by atoms with van der Waals surface area (Å²) < 4.78 is 5.84. The Morgan fingerprint density at radius 2 is 0.905 bits per heavy atom. The van der Waals surface area contributed by atoms with E-state index in [1.165, 1.54) is 135 Å². The minimum Gasteiger partial charge on any atom is -0.481 e. The van der Waals surface area contributed by atoms with Gasteiger partial charge in [0.2, 0.25) is 0 Å². The van der Waals surface area contributed by atoms with Crippen molar-refractivity contribution in [1.82, 2.24) is 0 Å². The molecule has 1 N–H and O–H groups in total. The van der Waals surface area contributed by atoms with Gasteiger partial charge in [0.1, 0.15) is 6.10 Å². The molecule has 248 valence electrons. The van der Waals surface area contributed by atoms with Gasteiger partial charge in [-0.15, -0.1) is 0 Å². The molecule has 1 atom stereocenters. The van der Waals surface area contributed by atoms with Gasteiger partial charge in [0.15, 0.2) is 0 Å². The zero-order chi connectivity index (χ0) is 30.8. The molecule has 0 aromatic rings. The fourth-order valence-electron chi connectivity index (χ4n) is 5.68. The molecule has 4 nitrogen and oxygen atoms in total. The second kappa shape index (κ2) is 34.2. The second-order valence-corrected chi connectivity index (χ2v) is 12.8. The van der Waals surface area contributed by atoms with Crippen LogP contribution in [-0.4, -0.2) is 23.1 Å². The molecule has 0 saturated heterocycles. The van der Waals surface area contributed by atoms with Gasteiger partial charge < -0.3 is 9.84 Å². The summed E-state index contributed by atoms with van der Waals surface area (Å²) in [6.45, 7) is 4.51. The number of allylic oxidation sites excluding steroid dienone is 1. The molecule has 1 unspecified atom stereocenters. The van der Waals surface area contributed by atoms with Gasteiger partial charge in [0.05, 0.1) is 0 Å². The number of carbonyl (C=O) groups is 2. The minimum absolute atomic E-state index is 0.0616. The molecule has 0 aromatic carbocycles. The first-order valence-electron chi connectivity index (χ1n) is 18.7. The van der Waals surface area contributed by atoms with Crippen LogP contribution < -0.4 is 0 Å². The molecule has 0 aliphatic carbocycles. The average molecular weight is 593 g/mol. The molecule has 0 fully saturated rings. The number of hydrogen-bond donors (Lipinski definition) is 1. The van der Waals surface area contributed by atoms with Crippen LogP contribution in [0.2, 0.25) is 0 Å². The molecule has 4 heteroatoms. The average Bonchev–Trinajstić information content (AvgIpc) is 2.97. The SMILES string of the molecule is CCCCCC/C=C\C(CCCCCCC(=O)O)OC(=O)CCCCCCCCCCCCCCCCCCCCC. The monoisotopic (exact) mass is 593 g/mol. The van der Waals surface area contributed by atoms with Crippen molar-refractivity contribution < 1.29 is 19.4 Å². The summed E-state index contributed by atoms with van der Waals surface area (Å²) in [6, 6.07) is 0. The Morgan fingerprint density at radius 3 is 1.36 bits per heavy atom. The highest BCUT2D eigenvalue weighted by Gasteiger charge is 2.11. The van der Waals surface area contributed by atoms with Gasteiger partial charge in [0, 0.05) is 12.8 Å². The van der Waals surface area contributed by atoms with E-state index in [2.05, 4.69) is 26.0 Å². The molecular weight excluding hydrogens is 520 g/mol. The lowest BCUT2D eigenvalue weighted by atomic mass is 10.0. The zero-order valence-electron chi connectivity index (χ0n) is 28.3. The van der Waals surface area contributed by atoms with Crippen molar-refractivity contribution in [3.05, 3.63) is 12.2 Å². The highest BCUT2D eigenvalue weighted by molar-refractivity contribution is 5.69. The fraction of sp³-hybridized carbons (Fsp3) is 0.895. The number of esters is 1. The second-order valence-electron chi connectivity index (χ2n) is 12.8. The van der Waals surface area contributed by atoms with Gasteiger partial charge >= 0.3 is 11.9 Å². The largest absolute Gasteiger partial charge is 0.481 e. The lowest BCUT2D eigenvalue weighted by Gasteiger charge is -2.15. The number of hydrogen-bond acceptors (Lipinski definition) is 3. The van der Waals surface area contributed by atoms with Crippen LogP contribution >= 0.6 is 0 Å². The zero-order valence-corrected chi connectivity index (χ0v) is 28.3. The van der Waals surface area contributed by atoms with Crippen LogP contribution in [0.4, 0.5) is 0 Å². The summed E-state index contributed by atoms with van der Waals surface area (Å²) in [6.07, 6.45) is 41.1. The molecule has 42 heavy (non-hydrogen) atoms. The Labute approximate surface area is 262 Å². The molecule has 0 rings (SSSR count). The van der Waals surface area contributed by atoms with Crippen molar-refractivity contribution in [3.63, 3.8) is 0 Å². The van der Waals surface area contributed by atoms with Gasteiger partial charge in [0.25, 0.3) is 0 Å². The quantitative estimate of drug-likeness (QED) is 0.0458. The van der Waals surface area contributed by atoms with E-state index in [1.807, 2.05) is 0 Å². The Morgan fingerprint density at radius 1 is 0.524 bits per heavy atom. The van der Waals surface area contributed by atoms with E-state index < -0.39 is 5.97 Å². The van der Waals surface area contributed by atoms with Crippen LogP contribution in [0.3, 0.4) is 0 Å². The number of carbonyl (C=O) groups excluding carboxylic acids is 1. The molecule has 0 aliphatic rings. The molecule has 0 spiro atoms. The predicted octanol–water partition coefficient (Wildman–Crippen LogP) is 12.7. The number of unbranched alkanes of at least 4 members (excludes halogenated alkanes) is 25. The van der Waals surface area contributed by atoms with Crippen molar-refractivity contribution in [2.24, 2.45) is 0 Å². The maximum atomic E-state index is 12.5. The number of rotatable bonds is 34. The normalized spacial score (nSPS) is 12.2. The smallest absolute Gasteiger partial charge is 0.306 e.